The van der Waals surface area contributed by atoms with E-state index in [9.17, 15) is 17.6 Å². The Labute approximate surface area is 162 Å². The zero-order chi connectivity index (χ0) is 20.3. The molecule has 0 saturated heterocycles. The van der Waals surface area contributed by atoms with Crippen molar-refractivity contribution in [1.29, 1.82) is 0 Å². The normalized spacial score (nSPS) is 11.6. The van der Waals surface area contributed by atoms with Crippen LogP contribution in [0.4, 0.5) is 10.1 Å². The van der Waals surface area contributed by atoms with Crippen molar-refractivity contribution >= 4 is 21.6 Å². The molecule has 7 nitrogen and oxygen atoms in total. The third kappa shape index (κ3) is 4.44. The molecule has 28 heavy (non-hydrogen) atoms. The van der Waals surface area contributed by atoms with E-state index in [1.165, 1.54) is 65.6 Å². The van der Waals surface area contributed by atoms with Gasteiger partial charge in [0.1, 0.15) is 11.5 Å². The summed E-state index contributed by atoms with van der Waals surface area (Å²) in [6, 6.07) is 11.3. The van der Waals surface area contributed by atoms with Crippen LogP contribution in [0.15, 0.2) is 66.0 Å². The van der Waals surface area contributed by atoms with Gasteiger partial charge in [-0.3, -0.25) is 9.36 Å². The fourth-order valence-corrected chi connectivity index (χ4v) is 3.81. The summed E-state index contributed by atoms with van der Waals surface area (Å²) in [7, 11) is -3.60. The van der Waals surface area contributed by atoms with Gasteiger partial charge in [0.05, 0.1) is 17.4 Å². The summed E-state index contributed by atoms with van der Waals surface area (Å²) >= 11 is 0. The van der Waals surface area contributed by atoms with Gasteiger partial charge < -0.3 is 5.32 Å². The van der Waals surface area contributed by atoms with Crippen LogP contribution in [0.2, 0.25) is 0 Å². The van der Waals surface area contributed by atoms with E-state index in [1.807, 2.05) is 0 Å². The smallest absolute Gasteiger partial charge is 0.274 e. The van der Waals surface area contributed by atoms with E-state index in [4.69, 9.17) is 0 Å². The van der Waals surface area contributed by atoms with Crippen molar-refractivity contribution in [3.63, 3.8) is 0 Å². The van der Waals surface area contributed by atoms with Gasteiger partial charge in [-0.2, -0.15) is 0 Å². The molecule has 2 N–H and O–H groups in total. The number of benzene rings is 2. The molecule has 2 aromatic carbocycles. The van der Waals surface area contributed by atoms with Crippen LogP contribution in [0.1, 0.15) is 24.3 Å². The number of amides is 1. The lowest BCUT2D eigenvalue weighted by Crippen LogP contribution is -2.30. The molecule has 0 unspecified atom stereocenters. The second-order valence-electron chi connectivity index (χ2n) is 6.38. The van der Waals surface area contributed by atoms with E-state index in [-0.39, 0.29) is 22.4 Å². The summed E-state index contributed by atoms with van der Waals surface area (Å²) in [5.74, 6) is -0.811. The molecule has 0 atom stereocenters. The van der Waals surface area contributed by atoms with Gasteiger partial charge in [-0.1, -0.05) is 0 Å². The van der Waals surface area contributed by atoms with Crippen LogP contribution >= 0.6 is 0 Å². The number of hydrogen-bond donors (Lipinski definition) is 2. The van der Waals surface area contributed by atoms with Crippen LogP contribution in [0.5, 0.6) is 0 Å². The Morgan fingerprint density at radius 1 is 1.07 bits per heavy atom. The highest BCUT2D eigenvalue weighted by Crippen LogP contribution is 2.17. The Bertz CT molecular complexity index is 1080. The molecule has 3 rings (SSSR count). The fourth-order valence-electron chi connectivity index (χ4n) is 2.56. The highest BCUT2D eigenvalue weighted by atomic mass is 32.2. The number of nitrogens with zero attached hydrogens (tertiary/aromatic N) is 2. The molecule has 0 aliphatic rings. The molecule has 0 aliphatic carbocycles. The number of hydrogen-bond acceptors (Lipinski definition) is 4. The second kappa shape index (κ2) is 7.91. The standard InChI is InChI=1S/C19H19FN4O3S/c1-13(2)23-28(26,27)17-9-5-15(6-10-17)22-19(25)18-11-21-12-24(18)16-7-3-14(20)4-8-16/h3-13,23H,1-2H3,(H,22,25). The first-order chi connectivity index (χ1) is 13.3. The van der Waals surface area contributed by atoms with E-state index in [0.29, 0.717) is 11.4 Å². The van der Waals surface area contributed by atoms with Crippen molar-refractivity contribution in [2.75, 3.05) is 5.32 Å². The van der Waals surface area contributed by atoms with Gasteiger partial charge in [0.15, 0.2) is 0 Å². The summed E-state index contributed by atoms with van der Waals surface area (Å²) in [5, 5.41) is 2.70. The van der Waals surface area contributed by atoms with Crippen molar-refractivity contribution in [3.8, 4) is 5.69 Å². The lowest BCUT2D eigenvalue weighted by atomic mass is 10.3. The monoisotopic (exact) mass is 402 g/mol. The molecule has 0 radical (unpaired) electrons. The summed E-state index contributed by atoms with van der Waals surface area (Å²) < 4.78 is 41.4. The number of sulfonamides is 1. The average molecular weight is 402 g/mol. The molecular formula is C19H19FN4O3S. The Morgan fingerprint density at radius 3 is 2.32 bits per heavy atom. The van der Waals surface area contributed by atoms with Crippen LogP contribution in [0.3, 0.4) is 0 Å². The van der Waals surface area contributed by atoms with Crippen molar-refractivity contribution in [2.24, 2.45) is 0 Å². The maximum atomic E-state index is 13.1. The molecule has 9 heteroatoms. The first-order valence-electron chi connectivity index (χ1n) is 8.48. The van der Waals surface area contributed by atoms with E-state index < -0.39 is 15.9 Å². The van der Waals surface area contributed by atoms with Crippen molar-refractivity contribution in [2.45, 2.75) is 24.8 Å². The molecule has 1 amide bonds. The number of halogens is 1. The minimum absolute atomic E-state index is 0.107. The quantitative estimate of drug-likeness (QED) is 0.663. The lowest BCUT2D eigenvalue weighted by Gasteiger charge is -2.11. The Kier molecular flexibility index (Phi) is 5.57. The van der Waals surface area contributed by atoms with E-state index >= 15 is 0 Å². The van der Waals surface area contributed by atoms with Gasteiger partial charge in [-0.15, -0.1) is 0 Å². The van der Waals surface area contributed by atoms with Crippen LogP contribution in [0.25, 0.3) is 5.69 Å². The summed E-state index contributed by atoms with van der Waals surface area (Å²) in [6.07, 6.45) is 2.85. The molecule has 1 heterocycles. The first kappa shape index (κ1) is 19.7. The first-order valence-corrected chi connectivity index (χ1v) is 9.96. The topological polar surface area (TPSA) is 93.1 Å². The van der Waals surface area contributed by atoms with E-state index in [2.05, 4.69) is 15.0 Å². The third-order valence-electron chi connectivity index (χ3n) is 3.79. The van der Waals surface area contributed by atoms with E-state index in [0.717, 1.165) is 0 Å². The number of carbonyl (C=O) groups is 1. The highest BCUT2D eigenvalue weighted by Gasteiger charge is 2.16. The Balaban J connectivity index is 1.78. The maximum Gasteiger partial charge on any atom is 0.274 e. The van der Waals surface area contributed by atoms with Gasteiger partial charge in [0, 0.05) is 17.4 Å². The molecule has 0 saturated carbocycles. The van der Waals surface area contributed by atoms with Crippen LogP contribution in [0, 0.1) is 5.82 Å². The molecule has 3 aromatic rings. The minimum atomic E-state index is -3.60. The predicted molar refractivity (Wildman–Crippen MR) is 103 cm³/mol. The summed E-state index contributed by atoms with van der Waals surface area (Å²) in [6.45, 7) is 3.47. The SMILES string of the molecule is CC(C)NS(=O)(=O)c1ccc(NC(=O)c2cncn2-c2ccc(F)cc2)cc1. The fraction of sp³-hybridized carbons (Fsp3) is 0.158. The van der Waals surface area contributed by atoms with Gasteiger partial charge in [-0.25, -0.2) is 22.5 Å². The number of anilines is 1. The highest BCUT2D eigenvalue weighted by molar-refractivity contribution is 7.89. The van der Waals surface area contributed by atoms with Gasteiger partial charge >= 0.3 is 0 Å². The van der Waals surface area contributed by atoms with Gasteiger partial charge in [-0.05, 0) is 62.4 Å². The Hall–Kier alpha value is -3.04. The lowest BCUT2D eigenvalue weighted by molar-refractivity contribution is 0.102. The summed E-state index contributed by atoms with van der Waals surface area (Å²) in [4.78, 5) is 16.7. The average Bonchev–Trinajstić information content (AvgIpc) is 3.11. The molecule has 0 spiro atoms. The minimum Gasteiger partial charge on any atom is -0.321 e. The number of carbonyl (C=O) groups excluding carboxylic acids is 1. The molecule has 146 valence electrons. The zero-order valence-electron chi connectivity index (χ0n) is 15.3. The number of aromatic nitrogens is 2. The maximum absolute atomic E-state index is 13.1. The number of imidazole rings is 1. The largest absolute Gasteiger partial charge is 0.321 e. The van der Waals surface area contributed by atoms with Crippen molar-refractivity contribution in [1.82, 2.24) is 14.3 Å². The molecule has 1 aromatic heterocycles. The molecule has 0 fully saturated rings. The molecule has 0 bridgehead atoms. The number of rotatable bonds is 6. The van der Waals surface area contributed by atoms with Gasteiger partial charge in [0.25, 0.3) is 5.91 Å². The second-order valence-corrected chi connectivity index (χ2v) is 8.09. The molecular weight excluding hydrogens is 383 g/mol. The third-order valence-corrected chi connectivity index (χ3v) is 5.46. The summed E-state index contributed by atoms with van der Waals surface area (Å²) in [5.41, 5.74) is 1.27. The van der Waals surface area contributed by atoms with E-state index in [1.54, 1.807) is 13.8 Å². The molecule has 0 aliphatic heterocycles. The number of nitrogens with one attached hydrogen (secondary N) is 2. The Morgan fingerprint density at radius 2 is 1.71 bits per heavy atom. The van der Waals surface area contributed by atoms with Gasteiger partial charge in [0.2, 0.25) is 10.0 Å². The van der Waals surface area contributed by atoms with Crippen molar-refractivity contribution < 1.29 is 17.6 Å². The zero-order valence-corrected chi connectivity index (χ0v) is 16.1. The van der Waals surface area contributed by atoms with Crippen LogP contribution < -0.4 is 10.0 Å². The predicted octanol–water partition coefficient (Wildman–Crippen LogP) is 2.95. The van der Waals surface area contributed by atoms with Crippen LogP contribution in [-0.2, 0) is 10.0 Å². The van der Waals surface area contributed by atoms with Crippen molar-refractivity contribution in [3.05, 3.63) is 72.6 Å². The van der Waals surface area contributed by atoms with Crippen LogP contribution in [-0.4, -0.2) is 29.9 Å².